The van der Waals surface area contributed by atoms with Crippen LogP contribution in [0.15, 0.2) is 12.4 Å². The Balaban J connectivity index is 0.000000492. The molecule has 2 aromatic rings. The lowest BCUT2D eigenvalue weighted by molar-refractivity contribution is -0.123. The highest BCUT2D eigenvalue weighted by molar-refractivity contribution is 5.53. The molecule has 3 N–H and O–H groups in total. The Morgan fingerprint density at radius 3 is 2.50 bits per heavy atom. The Morgan fingerprint density at radius 1 is 1.21 bits per heavy atom. The maximum Gasteiger partial charge on any atom is 0.290 e. The molecule has 1 saturated heterocycles. The van der Waals surface area contributed by atoms with E-state index in [0.717, 1.165) is 43.5 Å². The van der Waals surface area contributed by atoms with Crippen molar-refractivity contribution >= 4 is 18.8 Å². The highest BCUT2D eigenvalue weighted by Crippen LogP contribution is 2.48. The fourth-order valence-electron chi connectivity index (χ4n) is 5.08. The minimum Gasteiger partial charge on any atom is -0.483 e. The molecule has 186 valence electrons. The van der Waals surface area contributed by atoms with Gasteiger partial charge in [-0.2, -0.15) is 0 Å². The first-order valence-electron chi connectivity index (χ1n) is 11.9. The van der Waals surface area contributed by atoms with Crippen LogP contribution in [0, 0.1) is 0 Å². The van der Waals surface area contributed by atoms with Crippen molar-refractivity contribution in [2.24, 2.45) is 7.05 Å². The van der Waals surface area contributed by atoms with Crippen molar-refractivity contribution in [3.8, 4) is 0 Å². The average molecular weight is 473 g/mol. The number of likely N-dealkylation sites (tertiary alicyclic amines) is 1. The molecule has 3 aliphatic rings. The molecule has 2 fully saturated rings. The summed E-state index contributed by atoms with van der Waals surface area (Å²) in [6, 6.07) is 0.397. The number of anilines is 1. The van der Waals surface area contributed by atoms with Crippen molar-refractivity contribution in [1.29, 1.82) is 0 Å². The summed E-state index contributed by atoms with van der Waals surface area (Å²) in [5.74, 6) is 3.94. The number of nitrogens with one attached hydrogen (secondary N) is 1. The van der Waals surface area contributed by atoms with Crippen LogP contribution in [0.4, 0.5) is 5.82 Å². The summed E-state index contributed by atoms with van der Waals surface area (Å²) in [4.78, 5) is 34.0. The number of hydrogen-bond acceptors (Lipinski definition) is 7. The lowest BCUT2D eigenvalue weighted by atomic mass is 9.77. The predicted octanol–water partition coefficient (Wildman–Crippen LogP) is 2.79. The fourth-order valence-corrected chi connectivity index (χ4v) is 5.08. The van der Waals surface area contributed by atoms with E-state index in [1.54, 1.807) is 0 Å². The lowest BCUT2D eigenvalue weighted by Gasteiger charge is -2.40. The maximum absolute atomic E-state index is 8.36. The van der Waals surface area contributed by atoms with Crippen LogP contribution in [0.25, 0.3) is 0 Å². The van der Waals surface area contributed by atoms with E-state index in [1.165, 1.54) is 43.4 Å². The number of carboxylic acid groups (broad SMARTS) is 2. The minimum absolute atomic E-state index is 0.193. The Kier molecular flexibility index (Phi) is 8.60. The summed E-state index contributed by atoms with van der Waals surface area (Å²) in [7, 11) is 2.09. The van der Waals surface area contributed by atoms with Crippen LogP contribution in [0.3, 0.4) is 0 Å². The number of aromatic nitrogens is 4. The molecule has 0 aromatic carbocycles. The lowest BCUT2D eigenvalue weighted by Crippen LogP contribution is -2.45. The summed E-state index contributed by atoms with van der Waals surface area (Å²) in [6.45, 7) is 7.07. The second-order valence-corrected chi connectivity index (χ2v) is 9.59. The van der Waals surface area contributed by atoms with E-state index in [1.807, 2.05) is 12.4 Å². The van der Waals surface area contributed by atoms with Crippen LogP contribution in [0.2, 0.25) is 0 Å². The zero-order valence-corrected chi connectivity index (χ0v) is 20.3. The highest BCUT2D eigenvalue weighted by Gasteiger charge is 2.45. The van der Waals surface area contributed by atoms with E-state index < -0.39 is 0 Å². The average Bonchev–Trinajstić information content (AvgIpc) is 3.49. The zero-order chi connectivity index (χ0) is 24.7. The van der Waals surface area contributed by atoms with Crippen molar-refractivity contribution < 1.29 is 19.8 Å². The Morgan fingerprint density at radius 2 is 1.91 bits per heavy atom. The topological polar surface area (TPSA) is 133 Å². The van der Waals surface area contributed by atoms with Gasteiger partial charge in [-0.15, -0.1) is 0 Å². The van der Waals surface area contributed by atoms with Gasteiger partial charge in [0.05, 0.1) is 12.2 Å². The molecule has 1 spiro atoms. The van der Waals surface area contributed by atoms with Gasteiger partial charge in [0.1, 0.15) is 17.5 Å². The van der Waals surface area contributed by atoms with E-state index in [9.17, 15) is 0 Å². The normalized spacial score (nSPS) is 21.2. The van der Waals surface area contributed by atoms with Gasteiger partial charge in [0.15, 0.2) is 0 Å². The molecule has 3 heterocycles. The number of piperidine rings is 1. The molecule has 1 aliphatic heterocycles. The van der Waals surface area contributed by atoms with E-state index in [-0.39, 0.29) is 18.4 Å². The summed E-state index contributed by atoms with van der Waals surface area (Å²) in [6.07, 6.45) is 11.2. The first-order chi connectivity index (χ1) is 16.4. The first-order valence-corrected chi connectivity index (χ1v) is 11.9. The summed E-state index contributed by atoms with van der Waals surface area (Å²) in [5.41, 5.74) is 2.94. The third-order valence-electron chi connectivity index (χ3n) is 6.69. The molecule has 10 nitrogen and oxygen atoms in total. The molecular formula is C24H36N6O4. The standard InChI is InChI=1S/C22H32N6.2CH2O2/c1-15(2)24-21-17-7-9-22(19(17)25-20(26-21)16-5-6-16)8-4-11-28(14-22)13-18-23-10-12-27(18)3;2*2-1-3/h10,12,15-16H,4-9,11,13-14H2,1-3H3,(H,24,25,26);2*1H,(H,2,3). The van der Waals surface area contributed by atoms with E-state index in [4.69, 9.17) is 29.8 Å². The Hall–Kier alpha value is -3.01. The number of fused-ring (bicyclic) bond motifs is 2. The van der Waals surface area contributed by atoms with Crippen LogP contribution in [-0.2, 0) is 35.0 Å². The van der Waals surface area contributed by atoms with E-state index >= 15 is 0 Å². The monoisotopic (exact) mass is 472 g/mol. The molecular weight excluding hydrogens is 436 g/mol. The second kappa shape index (κ2) is 11.4. The van der Waals surface area contributed by atoms with Gasteiger partial charge in [0.2, 0.25) is 0 Å². The number of carbonyl (C=O) groups is 2. The summed E-state index contributed by atoms with van der Waals surface area (Å²) in [5, 5.41) is 17.4. The van der Waals surface area contributed by atoms with Crippen molar-refractivity contribution in [2.75, 3.05) is 18.4 Å². The fraction of sp³-hybridized carbons (Fsp3) is 0.625. The number of imidazole rings is 1. The molecule has 34 heavy (non-hydrogen) atoms. The van der Waals surface area contributed by atoms with Crippen molar-refractivity contribution in [2.45, 2.75) is 76.3 Å². The third kappa shape index (κ3) is 5.91. The second-order valence-electron chi connectivity index (χ2n) is 9.59. The first kappa shape index (κ1) is 25.6. The van der Waals surface area contributed by atoms with Crippen molar-refractivity contribution in [3.63, 3.8) is 0 Å². The van der Waals surface area contributed by atoms with Gasteiger partial charge in [-0.05, 0) is 58.9 Å². The highest BCUT2D eigenvalue weighted by atomic mass is 16.3. The molecule has 0 bridgehead atoms. The summed E-state index contributed by atoms with van der Waals surface area (Å²) >= 11 is 0. The quantitative estimate of drug-likeness (QED) is 0.562. The zero-order valence-electron chi connectivity index (χ0n) is 20.3. The number of aryl methyl sites for hydroxylation is 1. The van der Waals surface area contributed by atoms with Gasteiger partial charge < -0.3 is 20.1 Å². The smallest absolute Gasteiger partial charge is 0.290 e. The SMILES string of the molecule is CC(C)Nc1nc(C2CC2)nc2c1CCC21CCCN(Cc2nccn2C)C1.O=CO.O=CO. The molecule has 10 heteroatoms. The Labute approximate surface area is 200 Å². The van der Waals surface area contributed by atoms with Crippen LogP contribution in [0.1, 0.15) is 74.8 Å². The predicted molar refractivity (Wildman–Crippen MR) is 128 cm³/mol. The number of rotatable bonds is 5. The largest absolute Gasteiger partial charge is 0.483 e. The van der Waals surface area contributed by atoms with Gasteiger partial charge >= 0.3 is 0 Å². The van der Waals surface area contributed by atoms with Crippen LogP contribution in [0.5, 0.6) is 0 Å². The van der Waals surface area contributed by atoms with Gasteiger partial charge in [0.25, 0.3) is 12.9 Å². The van der Waals surface area contributed by atoms with Gasteiger partial charge in [0, 0.05) is 48.9 Å². The molecule has 0 amide bonds. The molecule has 2 aromatic heterocycles. The number of hydrogen-bond donors (Lipinski definition) is 3. The van der Waals surface area contributed by atoms with Crippen LogP contribution < -0.4 is 5.32 Å². The molecule has 2 aliphatic carbocycles. The molecule has 0 radical (unpaired) electrons. The third-order valence-corrected chi connectivity index (χ3v) is 6.69. The van der Waals surface area contributed by atoms with Crippen molar-refractivity contribution in [1.82, 2.24) is 24.4 Å². The maximum atomic E-state index is 8.36. The van der Waals surface area contributed by atoms with Crippen LogP contribution >= 0.6 is 0 Å². The minimum atomic E-state index is -0.250. The number of nitrogens with zero attached hydrogens (tertiary/aromatic N) is 5. The van der Waals surface area contributed by atoms with Crippen molar-refractivity contribution in [3.05, 3.63) is 35.3 Å². The van der Waals surface area contributed by atoms with Gasteiger partial charge in [-0.3, -0.25) is 14.5 Å². The van der Waals surface area contributed by atoms with Crippen LogP contribution in [-0.4, -0.2) is 66.7 Å². The molecule has 1 unspecified atom stereocenters. The Bertz CT molecular complexity index is 968. The van der Waals surface area contributed by atoms with Gasteiger partial charge in [-0.25, -0.2) is 15.0 Å². The molecule has 1 atom stereocenters. The summed E-state index contributed by atoms with van der Waals surface area (Å²) < 4.78 is 2.14. The van der Waals surface area contributed by atoms with E-state index in [0.29, 0.717) is 12.0 Å². The molecule has 5 rings (SSSR count). The molecule has 1 saturated carbocycles. The van der Waals surface area contributed by atoms with E-state index in [2.05, 4.69) is 40.7 Å². The van der Waals surface area contributed by atoms with Gasteiger partial charge in [-0.1, -0.05) is 0 Å².